The molecule has 1 aliphatic heterocycles. The van der Waals surface area contributed by atoms with Crippen molar-refractivity contribution in [3.63, 3.8) is 0 Å². The molecule has 1 saturated heterocycles. The van der Waals surface area contributed by atoms with E-state index in [9.17, 15) is 18.0 Å². The van der Waals surface area contributed by atoms with Gasteiger partial charge in [-0.2, -0.15) is 13.2 Å². The fourth-order valence-electron chi connectivity index (χ4n) is 3.07. The maximum atomic E-state index is 12.3. The van der Waals surface area contributed by atoms with Crippen molar-refractivity contribution in [2.24, 2.45) is 5.92 Å². The second-order valence-electron chi connectivity index (χ2n) is 7.20. The molecule has 1 aromatic rings. The van der Waals surface area contributed by atoms with Crippen LogP contribution in [0.15, 0.2) is 29.2 Å². The molecule has 0 bridgehead atoms. The van der Waals surface area contributed by atoms with E-state index in [1.54, 1.807) is 11.8 Å². The number of nitrogens with zero attached hydrogens (tertiary/aromatic N) is 2. The van der Waals surface area contributed by atoms with E-state index in [1.165, 1.54) is 23.3 Å². The molecule has 0 radical (unpaired) electrons. The van der Waals surface area contributed by atoms with E-state index in [2.05, 4.69) is 42.3 Å². The molecule has 1 amide bonds. The van der Waals surface area contributed by atoms with Gasteiger partial charge in [0, 0.05) is 38.0 Å². The van der Waals surface area contributed by atoms with E-state index in [4.69, 9.17) is 9.90 Å². The molecule has 1 unspecified atom stereocenters. The summed E-state index contributed by atoms with van der Waals surface area (Å²) in [7, 11) is 1.91. The van der Waals surface area contributed by atoms with E-state index in [-0.39, 0.29) is 5.91 Å². The van der Waals surface area contributed by atoms with Crippen LogP contribution in [0.4, 0.5) is 13.2 Å². The molecule has 1 aromatic carbocycles. The number of halogens is 3. The summed E-state index contributed by atoms with van der Waals surface area (Å²) in [6.45, 7) is 6.20. The average molecular weight is 435 g/mol. The highest BCUT2D eigenvalue weighted by molar-refractivity contribution is 7.98. The van der Waals surface area contributed by atoms with Gasteiger partial charge in [-0.15, -0.1) is 11.8 Å². The lowest BCUT2D eigenvalue weighted by Crippen LogP contribution is -2.37. The Labute approximate surface area is 174 Å². The van der Waals surface area contributed by atoms with Gasteiger partial charge in [0.2, 0.25) is 5.91 Å². The van der Waals surface area contributed by atoms with Gasteiger partial charge in [-0.3, -0.25) is 4.79 Å². The number of amides is 1. The first-order valence-electron chi connectivity index (χ1n) is 9.42. The number of thioether (sulfide) groups is 1. The Morgan fingerprint density at radius 2 is 2.00 bits per heavy atom. The Morgan fingerprint density at radius 1 is 1.34 bits per heavy atom. The van der Waals surface area contributed by atoms with E-state index >= 15 is 0 Å². The van der Waals surface area contributed by atoms with Crippen LogP contribution in [0.1, 0.15) is 31.7 Å². The molecule has 9 heteroatoms. The molecule has 2 rings (SSSR count). The number of hydrogen-bond acceptors (Lipinski definition) is 4. The fraction of sp³-hybridized carbons (Fsp3) is 0.600. The van der Waals surface area contributed by atoms with Gasteiger partial charge in [-0.1, -0.05) is 19.1 Å². The quantitative estimate of drug-likeness (QED) is 0.683. The molecule has 1 heterocycles. The second kappa shape index (κ2) is 12.1. The number of carbonyl (C=O) groups is 2. The van der Waals surface area contributed by atoms with E-state index in [0.717, 1.165) is 25.6 Å². The fourth-order valence-corrected chi connectivity index (χ4v) is 3.55. The molecule has 1 atom stereocenters. The first kappa shape index (κ1) is 25.3. The Morgan fingerprint density at radius 3 is 2.55 bits per heavy atom. The third kappa shape index (κ3) is 10.0. The minimum Gasteiger partial charge on any atom is -0.475 e. The SMILES string of the molecule is CSc1cccc(CN(C)C(=O)CCN2CCCC(C)C2)c1.O=C(O)C(F)(F)F. The van der Waals surface area contributed by atoms with Crippen LogP contribution in [-0.4, -0.2) is 65.9 Å². The molecule has 0 spiro atoms. The van der Waals surface area contributed by atoms with Crippen LogP contribution in [0.2, 0.25) is 0 Å². The van der Waals surface area contributed by atoms with Gasteiger partial charge in [0.05, 0.1) is 0 Å². The van der Waals surface area contributed by atoms with Gasteiger partial charge in [0.25, 0.3) is 0 Å². The Hall–Kier alpha value is -1.74. The molecule has 164 valence electrons. The maximum absolute atomic E-state index is 12.3. The zero-order valence-electron chi connectivity index (χ0n) is 17.0. The number of piperidine rings is 1. The lowest BCUT2D eigenvalue weighted by Gasteiger charge is -2.31. The monoisotopic (exact) mass is 434 g/mol. The topological polar surface area (TPSA) is 60.9 Å². The van der Waals surface area contributed by atoms with Crippen molar-refractivity contribution in [1.29, 1.82) is 0 Å². The van der Waals surface area contributed by atoms with E-state index < -0.39 is 12.1 Å². The zero-order chi connectivity index (χ0) is 22.0. The van der Waals surface area contributed by atoms with Crippen molar-refractivity contribution in [3.8, 4) is 0 Å². The molecule has 29 heavy (non-hydrogen) atoms. The van der Waals surface area contributed by atoms with Crippen LogP contribution in [0, 0.1) is 5.92 Å². The van der Waals surface area contributed by atoms with Crippen LogP contribution < -0.4 is 0 Å². The number of hydrogen-bond donors (Lipinski definition) is 1. The number of carboxylic acid groups (broad SMARTS) is 1. The molecular formula is C20H29F3N2O3S. The average Bonchev–Trinajstić information content (AvgIpc) is 2.66. The summed E-state index contributed by atoms with van der Waals surface area (Å²) < 4.78 is 31.7. The van der Waals surface area contributed by atoms with Crippen LogP contribution in [0.25, 0.3) is 0 Å². The van der Waals surface area contributed by atoms with Gasteiger partial charge in [0.15, 0.2) is 0 Å². The summed E-state index contributed by atoms with van der Waals surface area (Å²) in [5, 5.41) is 7.12. The number of carbonyl (C=O) groups excluding carboxylic acids is 1. The van der Waals surface area contributed by atoms with Crippen molar-refractivity contribution < 1.29 is 27.9 Å². The smallest absolute Gasteiger partial charge is 0.475 e. The van der Waals surface area contributed by atoms with Crippen molar-refractivity contribution >= 4 is 23.6 Å². The standard InChI is InChI=1S/C18H28N2OS.C2HF3O2/c1-15-6-5-10-20(13-15)11-9-18(21)19(2)14-16-7-4-8-17(12-16)22-3;3-2(4,5)1(6)7/h4,7-8,12,15H,5-6,9-11,13-14H2,1-3H3;(H,6,7). The van der Waals surface area contributed by atoms with Crippen molar-refractivity contribution in [3.05, 3.63) is 29.8 Å². The Bertz CT molecular complexity index is 671. The Kier molecular flexibility index (Phi) is 10.5. The normalized spacial score (nSPS) is 17.2. The number of benzene rings is 1. The number of alkyl halides is 3. The first-order valence-corrected chi connectivity index (χ1v) is 10.6. The molecule has 1 fully saturated rings. The molecule has 0 aliphatic carbocycles. The summed E-state index contributed by atoms with van der Waals surface area (Å²) in [6.07, 6.45) is 0.224. The van der Waals surface area contributed by atoms with Crippen molar-refractivity contribution in [2.45, 2.75) is 43.8 Å². The first-order chi connectivity index (χ1) is 13.5. The van der Waals surface area contributed by atoms with Crippen molar-refractivity contribution in [1.82, 2.24) is 9.80 Å². The van der Waals surface area contributed by atoms with Gasteiger partial charge >= 0.3 is 12.1 Å². The van der Waals surface area contributed by atoms with Gasteiger partial charge < -0.3 is 14.9 Å². The van der Waals surface area contributed by atoms with Crippen LogP contribution in [0.5, 0.6) is 0 Å². The van der Waals surface area contributed by atoms with E-state index in [0.29, 0.717) is 13.0 Å². The molecule has 5 nitrogen and oxygen atoms in total. The summed E-state index contributed by atoms with van der Waals surface area (Å²) >= 11 is 1.74. The highest BCUT2D eigenvalue weighted by Crippen LogP contribution is 2.18. The largest absolute Gasteiger partial charge is 0.490 e. The van der Waals surface area contributed by atoms with Gasteiger partial charge in [-0.05, 0) is 49.3 Å². The molecule has 0 saturated carbocycles. The second-order valence-corrected chi connectivity index (χ2v) is 8.08. The zero-order valence-corrected chi connectivity index (χ0v) is 17.9. The maximum Gasteiger partial charge on any atom is 0.490 e. The van der Waals surface area contributed by atoms with Gasteiger partial charge in [-0.25, -0.2) is 4.79 Å². The Balaban J connectivity index is 0.000000516. The summed E-state index contributed by atoms with van der Waals surface area (Å²) in [4.78, 5) is 26.8. The lowest BCUT2D eigenvalue weighted by atomic mass is 10.0. The minimum atomic E-state index is -5.08. The minimum absolute atomic E-state index is 0.243. The van der Waals surface area contributed by atoms with Crippen LogP contribution >= 0.6 is 11.8 Å². The molecule has 1 aliphatic rings. The van der Waals surface area contributed by atoms with Crippen LogP contribution in [-0.2, 0) is 16.1 Å². The summed E-state index contributed by atoms with van der Waals surface area (Å²) in [6, 6.07) is 8.43. The third-order valence-electron chi connectivity index (χ3n) is 4.61. The number of aliphatic carboxylic acids is 1. The van der Waals surface area contributed by atoms with E-state index in [1.807, 2.05) is 11.9 Å². The molecule has 1 N–H and O–H groups in total. The number of carboxylic acids is 1. The highest BCUT2D eigenvalue weighted by atomic mass is 32.2. The predicted molar refractivity (Wildman–Crippen MR) is 108 cm³/mol. The third-order valence-corrected chi connectivity index (χ3v) is 5.33. The highest BCUT2D eigenvalue weighted by Gasteiger charge is 2.38. The van der Waals surface area contributed by atoms with Crippen LogP contribution in [0.3, 0.4) is 0 Å². The summed E-state index contributed by atoms with van der Waals surface area (Å²) in [5.74, 6) is -1.74. The molecule has 0 aromatic heterocycles. The van der Waals surface area contributed by atoms with Crippen molar-refractivity contribution in [2.75, 3.05) is 32.9 Å². The van der Waals surface area contributed by atoms with Gasteiger partial charge in [0.1, 0.15) is 0 Å². The number of likely N-dealkylation sites (tertiary alicyclic amines) is 1. The number of rotatable bonds is 6. The predicted octanol–water partition coefficient (Wildman–Crippen LogP) is 4.12. The lowest BCUT2D eigenvalue weighted by molar-refractivity contribution is -0.192. The molecular weight excluding hydrogens is 405 g/mol. The summed E-state index contributed by atoms with van der Waals surface area (Å²) in [5.41, 5.74) is 1.20.